The third-order valence-corrected chi connectivity index (χ3v) is 3.87. The standard InChI is InChI=1S/C16H22ClN3O/c1-5-18-15(16-13(17)10-19-20(16)6-2)12-8-7-11(3)14(9-12)21-4/h7-10,15,18H,5-6H2,1-4H3. The molecule has 1 atom stereocenters. The van der Waals surface area contributed by atoms with E-state index in [1.54, 1.807) is 13.3 Å². The average molecular weight is 308 g/mol. The normalized spacial score (nSPS) is 12.4. The van der Waals surface area contributed by atoms with E-state index in [1.165, 1.54) is 0 Å². The van der Waals surface area contributed by atoms with E-state index < -0.39 is 0 Å². The van der Waals surface area contributed by atoms with Crippen LogP contribution in [0.1, 0.15) is 36.7 Å². The second-order valence-corrected chi connectivity index (χ2v) is 5.32. The minimum atomic E-state index is -0.000509. The van der Waals surface area contributed by atoms with Gasteiger partial charge in [-0.3, -0.25) is 4.68 Å². The minimum absolute atomic E-state index is 0.000509. The highest BCUT2D eigenvalue weighted by atomic mass is 35.5. The smallest absolute Gasteiger partial charge is 0.122 e. The van der Waals surface area contributed by atoms with E-state index in [2.05, 4.69) is 42.5 Å². The highest BCUT2D eigenvalue weighted by Gasteiger charge is 2.21. The second kappa shape index (κ2) is 6.96. The molecule has 0 spiro atoms. The molecule has 1 aromatic carbocycles. The van der Waals surface area contributed by atoms with Crippen LogP contribution in [0.15, 0.2) is 24.4 Å². The number of ether oxygens (including phenoxy) is 1. The van der Waals surface area contributed by atoms with Gasteiger partial charge in [-0.1, -0.05) is 30.7 Å². The Balaban J connectivity index is 2.50. The molecule has 0 radical (unpaired) electrons. The van der Waals surface area contributed by atoms with E-state index in [4.69, 9.17) is 16.3 Å². The van der Waals surface area contributed by atoms with Crippen LogP contribution in [-0.4, -0.2) is 23.4 Å². The summed E-state index contributed by atoms with van der Waals surface area (Å²) in [5.74, 6) is 0.883. The molecule has 5 heteroatoms. The van der Waals surface area contributed by atoms with Crippen molar-refractivity contribution in [1.29, 1.82) is 0 Å². The van der Waals surface area contributed by atoms with Crippen LogP contribution in [0.25, 0.3) is 0 Å². The second-order valence-electron chi connectivity index (χ2n) is 4.91. The number of benzene rings is 1. The maximum atomic E-state index is 6.35. The summed E-state index contributed by atoms with van der Waals surface area (Å²) in [6.07, 6.45) is 1.70. The Bertz CT molecular complexity index is 610. The van der Waals surface area contributed by atoms with Gasteiger partial charge in [0.25, 0.3) is 0 Å². The Morgan fingerprint density at radius 1 is 1.38 bits per heavy atom. The minimum Gasteiger partial charge on any atom is -0.496 e. The molecule has 21 heavy (non-hydrogen) atoms. The number of hydrogen-bond donors (Lipinski definition) is 1. The third kappa shape index (κ3) is 3.22. The van der Waals surface area contributed by atoms with Crippen LogP contribution in [0.2, 0.25) is 5.02 Å². The van der Waals surface area contributed by atoms with Crippen LogP contribution < -0.4 is 10.1 Å². The number of methoxy groups -OCH3 is 1. The van der Waals surface area contributed by atoms with E-state index in [-0.39, 0.29) is 6.04 Å². The van der Waals surface area contributed by atoms with Crippen molar-refractivity contribution in [1.82, 2.24) is 15.1 Å². The lowest BCUT2D eigenvalue weighted by molar-refractivity contribution is 0.410. The first-order valence-electron chi connectivity index (χ1n) is 7.21. The molecule has 0 amide bonds. The number of nitrogens with one attached hydrogen (secondary N) is 1. The number of rotatable bonds is 6. The molecule has 0 aliphatic heterocycles. The SMILES string of the molecule is CCNC(c1ccc(C)c(OC)c1)c1c(Cl)cnn1CC. The summed E-state index contributed by atoms with van der Waals surface area (Å²) in [5, 5.41) is 8.51. The molecule has 0 fully saturated rings. The van der Waals surface area contributed by atoms with Crippen molar-refractivity contribution in [2.24, 2.45) is 0 Å². The molecule has 114 valence electrons. The first kappa shape index (κ1) is 15.9. The molecule has 4 nitrogen and oxygen atoms in total. The van der Waals surface area contributed by atoms with Crippen LogP contribution in [-0.2, 0) is 6.54 Å². The number of hydrogen-bond acceptors (Lipinski definition) is 3. The Morgan fingerprint density at radius 2 is 2.14 bits per heavy atom. The predicted octanol–water partition coefficient (Wildman–Crippen LogP) is 3.57. The van der Waals surface area contributed by atoms with Crippen molar-refractivity contribution in [2.75, 3.05) is 13.7 Å². The predicted molar refractivity (Wildman–Crippen MR) is 86.2 cm³/mol. The van der Waals surface area contributed by atoms with Gasteiger partial charge >= 0.3 is 0 Å². The van der Waals surface area contributed by atoms with E-state index >= 15 is 0 Å². The van der Waals surface area contributed by atoms with E-state index in [1.807, 2.05) is 11.6 Å². The lowest BCUT2D eigenvalue weighted by atomic mass is 10.0. The molecular weight excluding hydrogens is 286 g/mol. The fourth-order valence-corrected chi connectivity index (χ4v) is 2.75. The zero-order chi connectivity index (χ0) is 15.4. The first-order chi connectivity index (χ1) is 10.1. The summed E-state index contributed by atoms with van der Waals surface area (Å²) in [7, 11) is 1.69. The Kier molecular flexibility index (Phi) is 5.26. The Morgan fingerprint density at radius 3 is 2.76 bits per heavy atom. The molecule has 2 aromatic rings. The summed E-state index contributed by atoms with van der Waals surface area (Å²) in [5.41, 5.74) is 3.23. The summed E-state index contributed by atoms with van der Waals surface area (Å²) in [6, 6.07) is 6.24. The van der Waals surface area contributed by atoms with E-state index in [0.29, 0.717) is 5.02 Å². The molecule has 0 aliphatic carbocycles. The Labute approximate surface area is 131 Å². The van der Waals surface area contributed by atoms with Crippen molar-refractivity contribution >= 4 is 11.6 Å². The number of nitrogens with zero attached hydrogens (tertiary/aromatic N) is 2. The van der Waals surface area contributed by atoms with Crippen molar-refractivity contribution in [3.05, 3.63) is 46.2 Å². The van der Waals surface area contributed by atoms with Gasteiger partial charge in [0, 0.05) is 6.54 Å². The molecule has 0 aliphatic rings. The van der Waals surface area contributed by atoms with E-state index in [9.17, 15) is 0 Å². The third-order valence-electron chi connectivity index (χ3n) is 3.58. The first-order valence-corrected chi connectivity index (χ1v) is 7.59. The van der Waals surface area contributed by atoms with Crippen LogP contribution in [0.5, 0.6) is 5.75 Å². The van der Waals surface area contributed by atoms with Gasteiger partial charge in [-0.15, -0.1) is 0 Å². The summed E-state index contributed by atoms with van der Waals surface area (Å²) < 4.78 is 7.37. The maximum Gasteiger partial charge on any atom is 0.122 e. The number of aryl methyl sites for hydroxylation is 2. The topological polar surface area (TPSA) is 39.1 Å². The largest absolute Gasteiger partial charge is 0.496 e. The highest BCUT2D eigenvalue weighted by molar-refractivity contribution is 6.31. The van der Waals surface area contributed by atoms with Crippen molar-refractivity contribution in [3.8, 4) is 5.75 Å². The average Bonchev–Trinajstić information content (AvgIpc) is 2.86. The fraction of sp³-hybridized carbons (Fsp3) is 0.438. The highest BCUT2D eigenvalue weighted by Crippen LogP contribution is 2.31. The molecule has 1 heterocycles. The number of aromatic nitrogens is 2. The van der Waals surface area contributed by atoms with Gasteiger partial charge < -0.3 is 10.1 Å². The quantitative estimate of drug-likeness (QED) is 0.886. The lowest BCUT2D eigenvalue weighted by Crippen LogP contribution is -2.25. The van der Waals surface area contributed by atoms with Gasteiger partial charge in [0.05, 0.1) is 30.1 Å². The molecule has 0 bridgehead atoms. The number of halogens is 1. The van der Waals surface area contributed by atoms with Crippen molar-refractivity contribution < 1.29 is 4.74 Å². The van der Waals surface area contributed by atoms with Gasteiger partial charge in [-0.25, -0.2) is 0 Å². The van der Waals surface area contributed by atoms with Gasteiger partial charge in [0.1, 0.15) is 5.75 Å². The summed E-state index contributed by atoms with van der Waals surface area (Å²) in [6.45, 7) is 7.80. The van der Waals surface area contributed by atoms with E-state index in [0.717, 1.165) is 35.7 Å². The zero-order valence-corrected chi connectivity index (χ0v) is 13.7. The fourth-order valence-electron chi connectivity index (χ4n) is 2.50. The summed E-state index contributed by atoms with van der Waals surface area (Å²) in [4.78, 5) is 0. The molecular formula is C16H22ClN3O. The van der Waals surface area contributed by atoms with Gasteiger partial charge in [0.2, 0.25) is 0 Å². The zero-order valence-electron chi connectivity index (χ0n) is 13.0. The lowest BCUT2D eigenvalue weighted by Gasteiger charge is -2.21. The van der Waals surface area contributed by atoms with Crippen molar-refractivity contribution in [3.63, 3.8) is 0 Å². The molecule has 1 unspecified atom stereocenters. The monoisotopic (exact) mass is 307 g/mol. The van der Waals surface area contributed by atoms with Gasteiger partial charge in [-0.2, -0.15) is 5.10 Å². The Hall–Kier alpha value is -1.52. The van der Waals surface area contributed by atoms with Gasteiger partial charge in [-0.05, 0) is 37.6 Å². The maximum absolute atomic E-state index is 6.35. The van der Waals surface area contributed by atoms with Crippen LogP contribution in [0.4, 0.5) is 0 Å². The molecule has 0 saturated heterocycles. The van der Waals surface area contributed by atoms with Gasteiger partial charge in [0.15, 0.2) is 0 Å². The van der Waals surface area contributed by atoms with Crippen LogP contribution >= 0.6 is 11.6 Å². The van der Waals surface area contributed by atoms with Crippen LogP contribution in [0.3, 0.4) is 0 Å². The van der Waals surface area contributed by atoms with Crippen molar-refractivity contribution in [2.45, 2.75) is 33.4 Å². The van der Waals surface area contributed by atoms with Crippen LogP contribution in [0, 0.1) is 6.92 Å². The molecule has 1 aromatic heterocycles. The molecule has 0 saturated carbocycles. The molecule has 2 rings (SSSR count). The summed E-state index contributed by atoms with van der Waals surface area (Å²) >= 11 is 6.35. The molecule has 1 N–H and O–H groups in total.